The molecule has 3 aromatic rings. The predicted octanol–water partition coefficient (Wildman–Crippen LogP) is 4.04. The molecule has 0 aliphatic heterocycles. The van der Waals surface area contributed by atoms with Crippen molar-refractivity contribution < 1.29 is 0 Å². The molecule has 3 heteroatoms. The Labute approximate surface area is 119 Å². The molecule has 2 aromatic carbocycles. The summed E-state index contributed by atoms with van der Waals surface area (Å²) in [7, 11) is 0. The summed E-state index contributed by atoms with van der Waals surface area (Å²) in [5, 5.41) is 0. The van der Waals surface area contributed by atoms with Crippen molar-refractivity contribution in [3.8, 4) is 5.69 Å². The number of nitrogens with two attached hydrogens (primary N) is 1. The maximum Gasteiger partial charge on any atom is 0.205 e. The molecule has 1 aromatic heterocycles. The van der Waals surface area contributed by atoms with Crippen LogP contribution in [0.1, 0.15) is 30.9 Å². The van der Waals surface area contributed by atoms with E-state index >= 15 is 0 Å². The number of nitrogen functional groups attached to an aromatic ring is 1. The van der Waals surface area contributed by atoms with Gasteiger partial charge in [-0.3, -0.25) is 4.57 Å². The maximum atomic E-state index is 6.18. The Bertz CT molecular complexity index is 769. The molecule has 3 rings (SSSR count). The van der Waals surface area contributed by atoms with Crippen LogP contribution >= 0.6 is 0 Å². The molecule has 0 atom stereocenters. The molecule has 0 radical (unpaired) electrons. The van der Waals surface area contributed by atoms with Gasteiger partial charge >= 0.3 is 0 Å². The third-order valence-corrected chi connectivity index (χ3v) is 3.70. The first-order valence-electron chi connectivity index (χ1n) is 6.92. The number of aromatic nitrogens is 2. The van der Waals surface area contributed by atoms with Gasteiger partial charge in [-0.1, -0.05) is 44.2 Å². The fourth-order valence-electron chi connectivity index (χ4n) is 2.74. The lowest BCUT2D eigenvalue weighted by molar-refractivity contribution is 0.851. The normalized spacial score (nSPS) is 11.4. The third-order valence-electron chi connectivity index (χ3n) is 3.70. The van der Waals surface area contributed by atoms with Crippen molar-refractivity contribution in [2.75, 3.05) is 5.73 Å². The molecule has 0 fully saturated rings. The minimum absolute atomic E-state index is 0.437. The molecule has 0 aliphatic carbocycles. The standard InChI is InChI=1S/C17H19N3/c1-11(2)13-8-4-5-10-15(13)20-16-12(3)7-6-9-14(16)19-17(20)18/h4-11H,1-3H3,(H2,18,19). The van der Waals surface area contributed by atoms with Crippen molar-refractivity contribution in [2.45, 2.75) is 26.7 Å². The van der Waals surface area contributed by atoms with Crippen LogP contribution in [0.15, 0.2) is 42.5 Å². The highest BCUT2D eigenvalue weighted by molar-refractivity contribution is 5.84. The van der Waals surface area contributed by atoms with Gasteiger partial charge in [0.05, 0.1) is 16.7 Å². The van der Waals surface area contributed by atoms with Crippen molar-refractivity contribution >= 4 is 17.0 Å². The van der Waals surface area contributed by atoms with E-state index in [2.05, 4.69) is 54.6 Å². The number of rotatable bonds is 2. The van der Waals surface area contributed by atoms with E-state index in [-0.39, 0.29) is 0 Å². The number of hydrogen-bond acceptors (Lipinski definition) is 2. The highest BCUT2D eigenvalue weighted by Gasteiger charge is 2.15. The minimum Gasteiger partial charge on any atom is -0.369 e. The Kier molecular flexibility index (Phi) is 2.97. The number of fused-ring (bicyclic) bond motifs is 1. The zero-order chi connectivity index (χ0) is 14.3. The van der Waals surface area contributed by atoms with E-state index in [1.165, 1.54) is 11.1 Å². The van der Waals surface area contributed by atoms with Crippen LogP contribution in [0.25, 0.3) is 16.7 Å². The van der Waals surface area contributed by atoms with Crippen molar-refractivity contribution in [1.29, 1.82) is 0 Å². The Balaban J connectivity index is 2.38. The number of hydrogen-bond donors (Lipinski definition) is 1. The van der Waals surface area contributed by atoms with E-state index in [1.54, 1.807) is 0 Å². The first-order valence-corrected chi connectivity index (χ1v) is 6.92. The van der Waals surface area contributed by atoms with Gasteiger partial charge in [0.25, 0.3) is 0 Å². The highest BCUT2D eigenvalue weighted by atomic mass is 15.2. The van der Waals surface area contributed by atoms with E-state index in [0.717, 1.165) is 16.7 Å². The molecule has 102 valence electrons. The SMILES string of the molecule is Cc1cccc2nc(N)n(-c3ccccc3C(C)C)c12. The maximum absolute atomic E-state index is 6.18. The summed E-state index contributed by atoms with van der Waals surface area (Å²) in [6.07, 6.45) is 0. The second-order valence-electron chi connectivity index (χ2n) is 5.46. The summed E-state index contributed by atoms with van der Waals surface area (Å²) in [5.74, 6) is 0.981. The van der Waals surface area contributed by atoms with Crippen molar-refractivity contribution in [1.82, 2.24) is 9.55 Å². The van der Waals surface area contributed by atoms with Crippen LogP contribution in [-0.2, 0) is 0 Å². The molecule has 2 N–H and O–H groups in total. The van der Waals surface area contributed by atoms with Crippen LogP contribution in [-0.4, -0.2) is 9.55 Å². The summed E-state index contributed by atoms with van der Waals surface area (Å²) < 4.78 is 2.07. The first kappa shape index (κ1) is 12.7. The van der Waals surface area contributed by atoms with Gasteiger partial charge in [-0.05, 0) is 36.1 Å². The van der Waals surface area contributed by atoms with Crippen molar-refractivity contribution in [3.05, 3.63) is 53.6 Å². The molecule has 1 heterocycles. The zero-order valence-corrected chi connectivity index (χ0v) is 12.1. The van der Waals surface area contributed by atoms with E-state index < -0.39 is 0 Å². The number of benzene rings is 2. The van der Waals surface area contributed by atoms with Crippen molar-refractivity contribution in [3.63, 3.8) is 0 Å². The number of aryl methyl sites for hydroxylation is 1. The van der Waals surface area contributed by atoms with Crippen LogP contribution in [0.4, 0.5) is 5.95 Å². The number of imidazole rings is 1. The molecule has 0 spiro atoms. The molecular formula is C17H19N3. The average molecular weight is 265 g/mol. The van der Waals surface area contributed by atoms with Crippen LogP contribution in [0.3, 0.4) is 0 Å². The first-order chi connectivity index (χ1) is 9.59. The quantitative estimate of drug-likeness (QED) is 0.760. The fourth-order valence-corrected chi connectivity index (χ4v) is 2.74. The van der Waals surface area contributed by atoms with E-state index in [0.29, 0.717) is 11.9 Å². The Hall–Kier alpha value is -2.29. The van der Waals surface area contributed by atoms with Crippen LogP contribution in [0.5, 0.6) is 0 Å². The van der Waals surface area contributed by atoms with Gasteiger partial charge in [-0.25, -0.2) is 4.98 Å². The van der Waals surface area contributed by atoms with Crippen molar-refractivity contribution in [2.24, 2.45) is 0 Å². The molecule has 0 aliphatic rings. The van der Waals surface area contributed by atoms with Gasteiger partial charge in [-0.2, -0.15) is 0 Å². The van der Waals surface area contributed by atoms with Gasteiger partial charge in [0.1, 0.15) is 0 Å². The molecule has 0 saturated carbocycles. The molecular weight excluding hydrogens is 246 g/mol. The van der Waals surface area contributed by atoms with Gasteiger partial charge in [0, 0.05) is 0 Å². The Morgan fingerprint density at radius 3 is 2.55 bits per heavy atom. The molecule has 3 nitrogen and oxygen atoms in total. The second kappa shape index (κ2) is 4.67. The van der Waals surface area contributed by atoms with Crippen LogP contribution in [0, 0.1) is 6.92 Å². The molecule has 0 bridgehead atoms. The van der Waals surface area contributed by atoms with E-state index in [9.17, 15) is 0 Å². The summed E-state index contributed by atoms with van der Waals surface area (Å²) in [5.41, 5.74) is 11.8. The monoisotopic (exact) mass is 265 g/mol. The highest BCUT2D eigenvalue weighted by Crippen LogP contribution is 2.30. The molecule has 0 saturated heterocycles. The predicted molar refractivity (Wildman–Crippen MR) is 84.3 cm³/mol. The largest absolute Gasteiger partial charge is 0.369 e. The lowest BCUT2D eigenvalue weighted by atomic mass is 10.0. The van der Waals surface area contributed by atoms with Gasteiger partial charge < -0.3 is 5.73 Å². The van der Waals surface area contributed by atoms with E-state index in [4.69, 9.17) is 5.73 Å². The number of anilines is 1. The average Bonchev–Trinajstić information content (AvgIpc) is 2.76. The lowest BCUT2D eigenvalue weighted by Crippen LogP contribution is -2.05. The summed E-state index contributed by atoms with van der Waals surface area (Å²) in [4.78, 5) is 4.49. The number of para-hydroxylation sites is 2. The fraction of sp³-hybridized carbons (Fsp3) is 0.235. The molecule has 20 heavy (non-hydrogen) atoms. The smallest absolute Gasteiger partial charge is 0.205 e. The molecule has 0 amide bonds. The van der Waals surface area contributed by atoms with Gasteiger partial charge in [-0.15, -0.1) is 0 Å². The van der Waals surface area contributed by atoms with Gasteiger partial charge in [0.2, 0.25) is 5.95 Å². The summed E-state index contributed by atoms with van der Waals surface area (Å²) in [6.45, 7) is 6.49. The van der Waals surface area contributed by atoms with E-state index in [1.807, 2.05) is 18.2 Å². The topological polar surface area (TPSA) is 43.8 Å². The van der Waals surface area contributed by atoms with Crippen LogP contribution in [0.2, 0.25) is 0 Å². The zero-order valence-electron chi connectivity index (χ0n) is 12.1. The third kappa shape index (κ3) is 1.86. The molecule has 0 unspecified atom stereocenters. The summed E-state index contributed by atoms with van der Waals surface area (Å²) in [6, 6.07) is 14.5. The van der Waals surface area contributed by atoms with Gasteiger partial charge in [0.15, 0.2) is 0 Å². The Morgan fingerprint density at radius 1 is 1.05 bits per heavy atom. The Morgan fingerprint density at radius 2 is 1.80 bits per heavy atom. The minimum atomic E-state index is 0.437. The summed E-state index contributed by atoms with van der Waals surface area (Å²) >= 11 is 0. The number of nitrogens with zero attached hydrogens (tertiary/aromatic N) is 2. The lowest BCUT2D eigenvalue weighted by Gasteiger charge is -2.15. The second-order valence-corrected chi connectivity index (χ2v) is 5.46. The van der Waals surface area contributed by atoms with Crippen LogP contribution < -0.4 is 5.73 Å².